The maximum Gasteiger partial charge on any atom is 0.414 e. The summed E-state index contributed by atoms with van der Waals surface area (Å²) in [6, 6.07) is 2.30. The maximum absolute atomic E-state index is 14.5. The molecule has 1 aromatic carbocycles. The van der Waals surface area contributed by atoms with Gasteiger partial charge in [0.2, 0.25) is 5.91 Å². The molecule has 1 unspecified atom stereocenters. The molecule has 2 aliphatic rings. The summed E-state index contributed by atoms with van der Waals surface area (Å²) in [5.74, 6) is -0.0311. The summed E-state index contributed by atoms with van der Waals surface area (Å²) >= 11 is 5.59. The van der Waals surface area contributed by atoms with Crippen LogP contribution in [0.1, 0.15) is 0 Å². The number of anilines is 2. The predicted octanol–water partition coefficient (Wildman–Crippen LogP) is 1.89. The Morgan fingerprint density at radius 2 is 1.96 bits per heavy atom. The predicted molar refractivity (Wildman–Crippen MR) is 100 cm³/mol. The third-order valence-electron chi connectivity index (χ3n) is 4.19. The van der Waals surface area contributed by atoms with Gasteiger partial charge in [-0.3, -0.25) is 9.69 Å². The van der Waals surface area contributed by atoms with Crippen LogP contribution in [0.4, 0.5) is 25.0 Å². The summed E-state index contributed by atoms with van der Waals surface area (Å²) in [5.41, 5.74) is 0.0439. The minimum Gasteiger partial charge on any atom is -0.442 e. The first-order valence-electron chi connectivity index (χ1n) is 8.17. The van der Waals surface area contributed by atoms with Gasteiger partial charge < -0.3 is 15.0 Å². The van der Waals surface area contributed by atoms with E-state index in [1.807, 2.05) is 0 Å². The molecule has 2 amide bonds. The van der Waals surface area contributed by atoms with Crippen LogP contribution in [0.15, 0.2) is 12.1 Å². The molecule has 0 radical (unpaired) electrons. The van der Waals surface area contributed by atoms with Crippen molar-refractivity contribution in [2.45, 2.75) is 6.10 Å². The van der Waals surface area contributed by atoms with Gasteiger partial charge in [0.05, 0.1) is 24.5 Å². The van der Waals surface area contributed by atoms with Crippen molar-refractivity contribution >= 4 is 47.8 Å². The number of ether oxygens (including phenoxy) is 1. The molecule has 10 heteroatoms. The number of carbonyl (C=O) groups is 2. The third-order valence-corrected chi connectivity index (χ3v) is 5.41. The van der Waals surface area contributed by atoms with Gasteiger partial charge in [-0.25, -0.2) is 13.6 Å². The first-order chi connectivity index (χ1) is 12.5. The SMILES string of the molecule is O=C(CS)NCC1CN(c2cc(F)c(N3CCSCC3)c(F)c2)C(=O)O1. The molecule has 26 heavy (non-hydrogen) atoms. The first kappa shape index (κ1) is 19.1. The van der Waals surface area contributed by atoms with Crippen LogP contribution in [0, 0.1) is 11.6 Å². The van der Waals surface area contributed by atoms with E-state index in [1.54, 1.807) is 16.7 Å². The average molecular weight is 403 g/mol. The molecule has 1 aromatic rings. The van der Waals surface area contributed by atoms with Gasteiger partial charge in [0.25, 0.3) is 0 Å². The lowest BCUT2D eigenvalue weighted by Crippen LogP contribution is -2.35. The Balaban J connectivity index is 1.73. The topological polar surface area (TPSA) is 61.9 Å². The van der Waals surface area contributed by atoms with Crippen LogP contribution in [0.5, 0.6) is 0 Å². The molecule has 142 valence electrons. The second-order valence-corrected chi connectivity index (χ2v) is 7.48. The van der Waals surface area contributed by atoms with E-state index >= 15 is 0 Å². The normalized spacial score (nSPS) is 20.3. The van der Waals surface area contributed by atoms with Crippen molar-refractivity contribution in [3.63, 3.8) is 0 Å². The second-order valence-electron chi connectivity index (χ2n) is 5.94. The Labute approximate surface area is 159 Å². The Kier molecular flexibility index (Phi) is 6.13. The molecule has 2 aliphatic heterocycles. The lowest BCUT2D eigenvalue weighted by atomic mass is 10.2. The quantitative estimate of drug-likeness (QED) is 0.736. The van der Waals surface area contributed by atoms with Gasteiger partial charge in [-0.15, -0.1) is 0 Å². The number of nitrogens with zero attached hydrogens (tertiary/aromatic N) is 2. The Morgan fingerprint density at radius 1 is 1.31 bits per heavy atom. The van der Waals surface area contributed by atoms with Crippen LogP contribution in [-0.4, -0.2) is 61.5 Å². The van der Waals surface area contributed by atoms with Crippen LogP contribution in [0.25, 0.3) is 0 Å². The van der Waals surface area contributed by atoms with E-state index in [4.69, 9.17) is 4.74 Å². The van der Waals surface area contributed by atoms with E-state index in [2.05, 4.69) is 17.9 Å². The zero-order valence-electron chi connectivity index (χ0n) is 13.9. The largest absolute Gasteiger partial charge is 0.442 e. The van der Waals surface area contributed by atoms with Crippen molar-refractivity contribution in [1.29, 1.82) is 0 Å². The van der Waals surface area contributed by atoms with Crippen molar-refractivity contribution in [2.24, 2.45) is 0 Å². The molecule has 0 aliphatic carbocycles. The Bertz CT molecular complexity index is 678. The highest BCUT2D eigenvalue weighted by atomic mass is 32.2. The summed E-state index contributed by atoms with van der Waals surface area (Å²) in [7, 11) is 0. The number of benzene rings is 1. The fourth-order valence-electron chi connectivity index (χ4n) is 2.92. The Morgan fingerprint density at radius 3 is 2.58 bits per heavy atom. The number of carbonyl (C=O) groups excluding carboxylic acids is 2. The minimum absolute atomic E-state index is 0.0251. The molecule has 3 rings (SSSR count). The number of thiol groups is 1. The fraction of sp³-hybridized carbons (Fsp3) is 0.500. The number of thioether (sulfide) groups is 1. The summed E-state index contributed by atoms with van der Waals surface area (Å²) in [6.45, 7) is 1.38. The number of rotatable bonds is 5. The number of cyclic esters (lactones) is 1. The maximum atomic E-state index is 14.5. The number of hydrogen-bond donors (Lipinski definition) is 2. The summed E-state index contributed by atoms with van der Waals surface area (Å²) in [6.07, 6.45) is -1.28. The van der Waals surface area contributed by atoms with Gasteiger partial charge in [0.15, 0.2) is 11.6 Å². The second kappa shape index (κ2) is 8.34. The van der Waals surface area contributed by atoms with E-state index in [-0.39, 0.29) is 36.1 Å². The van der Waals surface area contributed by atoms with Crippen LogP contribution in [-0.2, 0) is 9.53 Å². The summed E-state index contributed by atoms with van der Waals surface area (Å²) in [4.78, 5) is 26.1. The third kappa shape index (κ3) is 4.17. The molecule has 1 N–H and O–H groups in total. The molecule has 1 atom stereocenters. The van der Waals surface area contributed by atoms with E-state index in [0.717, 1.165) is 23.6 Å². The smallest absolute Gasteiger partial charge is 0.414 e. The molecule has 2 saturated heterocycles. The van der Waals surface area contributed by atoms with Gasteiger partial charge in [0.1, 0.15) is 11.8 Å². The fourth-order valence-corrected chi connectivity index (χ4v) is 3.93. The minimum atomic E-state index is -0.702. The van der Waals surface area contributed by atoms with Crippen molar-refractivity contribution in [3.8, 4) is 0 Å². The van der Waals surface area contributed by atoms with Gasteiger partial charge in [-0.05, 0) is 0 Å². The number of halogens is 2. The van der Waals surface area contributed by atoms with Gasteiger partial charge in [0, 0.05) is 36.7 Å². The summed E-state index contributed by atoms with van der Waals surface area (Å²) < 4.78 is 34.2. The van der Waals surface area contributed by atoms with Crippen LogP contribution >= 0.6 is 24.4 Å². The highest BCUT2D eigenvalue weighted by Gasteiger charge is 2.34. The molecule has 0 aromatic heterocycles. The molecular weight excluding hydrogens is 384 g/mol. The lowest BCUT2D eigenvalue weighted by molar-refractivity contribution is -0.118. The number of nitrogens with one attached hydrogen (secondary N) is 1. The standard InChI is InChI=1S/C16H19F2N3O3S2/c17-12-5-10(6-13(18)15(12)20-1-3-26-4-2-20)21-8-11(24-16(21)23)7-19-14(22)9-25/h5-6,11,25H,1-4,7-9H2,(H,19,22). The first-order valence-corrected chi connectivity index (χ1v) is 9.95. The lowest BCUT2D eigenvalue weighted by Gasteiger charge is -2.29. The zero-order valence-corrected chi connectivity index (χ0v) is 15.6. The number of amides is 2. The Hall–Kier alpha value is -1.68. The van der Waals surface area contributed by atoms with E-state index in [9.17, 15) is 18.4 Å². The monoisotopic (exact) mass is 403 g/mol. The number of hydrogen-bond acceptors (Lipinski definition) is 6. The van der Waals surface area contributed by atoms with E-state index in [1.165, 1.54) is 4.90 Å². The van der Waals surface area contributed by atoms with Gasteiger partial charge in [-0.2, -0.15) is 24.4 Å². The van der Waals surface area contributed by atoms with E-state index in [0.29, 0.717) is 13.1 Å². The van der Waals surface area contributed by atoms with Crippen LogP contribution in [0.2, 0.25) is 0 Å². The molecule has 0 spiro atoms. The molecule has 2 heterocycles. The highest BCUT2D eigenvalue weighted by Crippen LogP contribution is 2.32. The van der Waals surface area contributed by atoms with Crippen LogP contribution in [0.3, 0.4) is 0 Å². The average Bonchev–Trinajstić information content (AvgIpc) is 3.00. The highest BCUT2D eigenvalue weighted by molar-refractivity contribution is 7.99. The van der Waals surface area contributed by atoms with Crippen molar-refractivity contribution in [3.05, 3.63) is 23.8 Å². The van der Waals surface area contributed by atoms with Gasteiger partial charge >= 0.3 is 6.09 Å². The zero-order chi connectivity index (χ0) is 18.7. The van der Waals surface area contributed by atoms with Crippen molar-refractivity contribution in [1.82, 2.24) is 5.32 Å². The van der Waals surface area contributed by atoms with Crippen molar-refractivity contribution in [2.75, 3.05) is 53.2 Å². The van der Waals surface area contributed by atoms with Gasteiger partial charge in [-0.1, -0.05) is 0 Å². The molecule has 0 saturated carbocycles. The van der Waals surface area contributed by atoms with Crippen molar-refractivity contribution < 1.29 is 23.1 Å². The van der Waals surface area contributed by atoms with E-state index < -0.39 is 23.8 Å². The molecule has 2 fully saturated rings. The molecule has 0 bridgehead atoms. The van der Waals surface area contributed by atoms with Crippen LogP contribution < -0.4 is 15.1 Å². The summed E-state index contributed by atoms with van der Waals surface area (Å²) in [5, 5.41) is 2.57. The molecular formula is C16H19F2N3O3S2. The molecule has 6 nitrogen and oxygen atoms in total.